The summed E-state index contributed by atoms with van der Waals surface area (Å²) < 4.78 is 7.06. The monoisotopic (exact) mass is 266 g/mol. The number of benzene rings is 1. The summed E-state index contributed by atoms with van der Waals surface area (Å²) in [6, 6.07) is 13.5. The first-order valence-electron chi connectivity index (χ1n) is 6.39. The van der Waals surface area contributed by atoms with Gasteiger partial charge >= 0.3 is 0 Å². The summed E-state index contributed by atoms with van der Waals surface area (Å²) in [6.45, 7) is 2.32. The number of ether oxygens (including phenoxy) is 1. The van der Waals surface area contributed by atoms with Crippen molar-refractivity contribution in [3.05, 3.63) is 76.3 Å². The third kappa shape index (κ3) is 2.40. The van der Waals surface area contributed by atoms with E-state index < -0.39 is 0 Å². The minimum Gasteiger partial charge on any atom is -0.482 e. The fourth-order valence-electron chi connectivity index (χ4n) is 1.99. The topological polar surface area (TPSA) is 43.6 Å². The van der Waals surface area contributed by atoms with Crippen LogP contribution >= 0.6 is 0 Å². The molecular formula is C16H14N2O2. The predicted octanol–water partition coefficient (Wildman–Crippen LogP) is 2.58. The van der Waals surface area contributed by atoms with Crippen molar-refractivity contribution in [2.24, 2.45) is 0 Å². The van der Waals surface area contributed by atoms with Crippen LogP contribution in [0.15, 0.2) is 59.7 Å². The van der Waals surface area contributed by atoms with Crippen LogP contribution in [-0.4, -0.2) is 9.38 Å². The lowest BCUT2D eigenvalue weighted by Gasteiger charge is -2.07. The van der Waals surface area contributed by atoms with Crippen LogP contribution in [0.3, 0.4) is 0 Å². The van der Waals surface area contributed by atoms with Gasteiger partial charge in [-0.15, -0.1) is 0 Å². The summed E-state index contributed by atoms with van der Waals surface area (Å²) in [5.74, 6) is 0.259. The summed E-state index contributed by atoms with van der Waals surface area (Å²) in [7, 11) is 0. The Morgan fingerprint density at radius 1 is 1.20 bits per heavy atom. The molecule has 4 heteroatoms. The van der Waals surface area contributed by atoms with Gasteiger partial charge in [-0.2, -0.15) is 0 Å². The van der Waals surface area contributed by atoms with Crippen molar-refractivity contribution in [1.82, 2.24) is 9.38 Å². The largest absolute Gasteiger partial charge is 0.482 e. The van der Waals surface area contributed by atoms with E-state index in [1.807, 2.05) is 49.4 Å². The molecule has 0 atom stereocenters. The summed E-state index contributed by atoms with van der Waals surface area (Å²) in [5, 5.41) is 0. The number of nitrogens with zero attached hydrogens (tertiary/aromatic N) is 2. The normalized spacial score (nSPS) is 10.7. The Bertz CT molecular complexity index is 794. The molecule has 0 aliphatic heterocycles. The van der Waals surface area contributed by atoms with E-state index in [0.29, 0.717) is 12.3 Å². The first-order chi connectivity index (χ1) is 9.74. The van der Waals surface area contributed by atoms with Gasteiger partial charge < -0.3 is 4.74 Å². The Kier molecular flexibility index (Phi) is 3.21. The summed E-state index contributed by atoms with van der Waals surface area (Å²) >= 11 is 0. The van der Waals surface area contributed by atoms with Crippen molar-refractivity contribution in [3.8, 4) is 5.75 Å². The highest BCUT2D eigenvalue weighted by molar-refractivity contribution is 5.42. The van der Waals surface area contributed by atoms with Crippen molar-refractivity contribution in [2.75, 3.05) is 0 Å². The standard InChI is InChI=1S/C16H14N2O2/c1-12-7-8-18-15(9-12)17-10-14(16(18)19)20-11-13-5-3-2-4-6-13/h2-10H,11H2,1H3. The molecule has 2 heterocycles. The number of aromatic nitrogens is 2. The third-order valence-electron chi connectivity index (χ3n) is 3.07. The molecule has 0 aliphatic rings. The molecule has 0 saturated heterocycles. The van der Waals surface area contributed by atoms with E-state index >= 15 is 0 Å². The van der Waals surface area contributed by atoms with Crippen LogP contribution in [0, 0.1) is 6.92 Å². The average Bonchev–Trinajstić information content (AvgIpc) is 2.47. The second-order valence-electron chi connectivity index (χ2n) is 4.63. The first kappa shape index (κ1) is 12.4. The van der Waals surface area contributed by atoms with Crippen LogP contribution in [-0.2, 0) is 6.61 Å². The highest BCUT2D eigenvalue weighted by Crippen LogP contribution is 2.08. The van der Waals surface area contributed by atoms with Crippen LogP contribution in [0.2, 0.25) is 0 Å². The molecular weight excluding hydrogens is 252 g/mol. The molecule has 0 saturated carbocycles. The fraction of sp³-hybridized carbons (Fsp3) is 0.125. The molecule has 2 aromatic heterocycles. The maximum absolute atomic E-state index is 12.3. The van der Waals surface area contributed by atoms with E-state index in [2.05, 4.69) is 4.98 Å². The number of rotatable bonds is 3. The molecule has 20 heavy (non-hydrogen) atoms. The summed E-state index contributed by atoms with van der Waals surface area (Å²) in [6.07, 6.45) is 3.20. The van der Waals surface area contributed by atoms with Gasteiger partial charge in [-0.05, 0) is 30.2 Å². The number of hydrogen-bond acceptors (Lipinski definition) is 3. The SMILES string of the molecule is Cc1ccn2c(=O)c(OCc3ccccc3)cnc2c1. The van der Waals surface area contributed by atoms with Gasteiger partial charge in [0, 0.05) is 6.20 Å². The Labute approximate surface area is 116 Å². The second-order valence-corrected chi connectivity index (χ2v) is 4.63. The zero-order valence-electron chi connectivity index (χ0n) is 11.1. The van der Waals surface area contributed by atoms with Gasteiger partial charge in [-0.25, -0.2) is 4.98 Å². The van der Waals surface area contributed by atoms with Crippen molar-refractivity contribution < 1.29 is 4.74 Å². The number of fused-ring (bicyclic) bond motifs is 1. The van der Waals surface area contributed by atoms with Gasteiger partial charge in [0.2, 0.25) is 5.75 Å². The van der Waals surface area contributed by atoms with Crippen LogP contribution in [0.4, 0.5) is 0 Å². The third-order valence-corrected chi connectivity index (χ3v) is 3.07. The molecule has 4 nitrogen and oxygen atoms in total. The lowest BCUT2D eigenvalue weighted by molar-refractivity contribution is 0.300. The highest BCUT2D eigenvalue weighted by atomic mass is 16.5. The molecule has 0 radical (unpaired) electrons. The lowest BCUT2D eigenvalue weighted by Crippen LogP contribution is -2.17. The molecule has 0 fully saturated rings. The van der Waals surface area contributed by atoms with Gasteiger partial charge in [0.25, 0.3) is 5.56 Å². The quantitative estimate of drug-likeness (QED) is 0.732. The molecule has 0 bridgehead atoms. The molecule has 0 spiro atoms. The minimum atomic E-state index is -0.189. The first-order valence-corrected chi connectivity index (χ1v) is 6.39. The maximum atomic E-state index is 12.3. The average molecular weight is 266 g/mol. The van der Waals surface area contributed by atoms with Crippen molar-refractivity contribution in [2.45, 2.75) is 13.5 Å². The van der Waals surface area contributed by atoms with Crippen LogP contribution < -0.4 is 10.3 Å². The van der Waals surface area contributed by atoms with Crippen LogP contribution in [0.1, 0.15) is 11.1 Å². The molecule has 0 unspecified atom stereocenters. The van der Waals surface area contributed by atoms with Crippen molar-refractivity contribution in [3.63, 3.8) is 0 Å². The van der Waals surface area contributed by atoms with E-state index in [0.717, 1.165) is 11.1 Å². The summed E-state index contributed by atoms with van der Waals surface area (Å²) in [5.41, 5.74) is 2.52. The molecule has 1 aromatic carbocycles. The van der Waals surface area contributed by atoms with Gasteiger partial charge in [0.1, 0.15) is 12.3 Å². The smallest absolute Gasteiger partial charge is 0.300 e. The van der Waals surface area contributed by atoms with E-state index in [4.69, 9.17) is 4.74 Å². The molecule has 0 aliphatic carbocycles. The Morgan fingerprint density at radius 2 is 2.00 bits per heavy atom. The lowest BCUT2D eigenvalue weighted by atomic mass is 10.2. The molecule has 3 aromatic rings. The zero-order chi connectivity index (χ0) is 13.9. The van der Waals surface area contributed by atoms with Gasteiger partial charge in [0.15, 0.2) is 0 Å². The maximum Gasteiger partial charge on any atom is 0.300 e. The van der Waals surface area contributed by atoms with E-state index in [9.17, 15) is 4.79 Å². The van der Waals surface area contributed by atoms with Crippen LogP contribution in [0.5, 0.6) is 5.75 Å². The zero-order valence-corrected chi connectivity index (χ0v) is 11.1. The molecule has 3 rings (SSSR count). The van der Waals surface area contributed by atoms with Crippen LogP contribution in [0.25, 0.3) is 5.65 Å². The van der Waals surface area contributed by atoms with E-state index in [1.54, 1.807) is 6.20 Å². The highest BCUT2D eigenvalue weighted by Gasteiger charge is 2.06. The fourth-order valence-corrected chi connectivity index (χ4v) is 1.99. The molecule has 0 amide bonds. The van der Waals surface area contributed by atoms with E-state index in [-0.39, 0.29) is 11.3 Å². The molecule has 0 N–H and O–H groups in total. The van der Waals surface area contributed by atoms with Gasteiger partial charge in [0.05, 0.1) is 6.20 Å². The van der Waals surface area contributed by atoms with Gasteiger partial charge in [-0.3, -0.25) is 9.20 Å². The second kappa shape index (κ2) is 5.17. The Morgan fingerprint density at radius 3 is 2.80 bits per heavy atom. The predicted molar refractivity (Wildman–Crippen MR) is 77.0 cm³/mol. The minimum absolute atomic E-state index is 0.189. The Hall–Kier alpha value is -2.62. The van der Waals surface area contributed by atoms with Crippen molar-refractivity contribution in [1.29, 1.82) is 0 Å². The number of pyridine rings is 1. The number of hydrogen-bond donors (Lipinski definition) is 0. The van der Waals surface area contributed by atoms with Gasteiger partial charge in [-0.1, -0.05) is 30.3 Å². The van der Waals surface area contributed by atoms with E-state index in [1.165, 1.54) is 10.6 Å². The van der Waals surface area contributed by atoms with Crippen molar-refractivity contribution >= 4 is 5.65 Å². The Balaban J connectivity index is 1.91. The summed E-state index contributed by atoms with van der Waals surface area (Å²) in [4.78, 5) is 16.5. The number of aryl methyl sites for hydroxylation is 1. The molecule has 100 valence electrons.